The summed E-state index contributed by atoms with van der Waals surface area (Å²) in [6.45, 7) is 11.9. The van der Waals surface area contributed by atoms with Crippen LogP contribution in [0.3, 0.4) is 0 Å². The van der Waals surface area contributed by atoms with E-state index in [1.807, 2.05) is 12.1 Å². The van der Waals surface area contributed by atoms with E-state index in [1.54, 1.807) is 72.9 Å². The van der Waals surface area contributed by atoms with Crippen molar-refractivity contribution < 1.29 is 28.6 Å². The number of pyridine rings is 1. The lowest BCUT2D eigenvalue weighted by molar-refractivity contribution is 0.0425. The number of carbonyl (C=O) groups is 3. The van der Waals surface area contributed by atoms with Gasteiger partial charge in [-0.25, -0.2) is 19.1 Å². The standard InChI is InChI=1S/C25H30N4O6/c1-8-33-21(30)18-15-20(28(22(31)34-24(2,3)4)23(32)35-25(5,6)7)29(27-18)19-13-9-12-17-16(19)11-10-14-26-17/h9-15H,8H2,1-7H3. The molecule has 2 aromatic heterocycles. The minimum atomic E-state index is -0.985. The molecule has 10 heteroatoms. The van der Waals surface area contributed by atoms with Gasteiger partial charge in [0.2, 0.25) is 0 Å². The number of benzene rings is 1. The number of fused-ring (bicyclic) bond motifs is 1. The SMILES string of the molecule is CCOC(=O)c1cc(N(C(=O)OC(C)(C)C)C(=O)OC(C)(C)C)n(-c2cccc3ncccc23)n1. The molecule has 0 spiro atoms. The molecule has 1 aromatic carbocycles. The Labute approximate surface area is 203 Å². The molecule has 0 saturated heterocycles. The summed E-state index contributed by atoms with van der Waals surface area (Å²) in [6.07, 6.45) is -0.322. The lowest BCUT2D eigenvalue weighted by Gasteiger charge is -2.28. The van der Waals surface area contributed by atoms with Gasteiger partial charge in [-0.1, -0.05) is 6.07 Å². The third-order valence-electron chi connectivity index (χ3n) is 4.41. The second-order valence-electron chi connectivity index (χ2n) is 9.66. The molecular formula is C25H30N4O6. The highest BCUT2D eigenvalue weighted by Gasteiger charge is 2.36. The zero-order valence-electron chi connectivity index (χ0n) is 21.0. The minimum absolute atomic E-state index is 0.0482. The lowest BCUT2D eigenvalue weighted by atomic mass is 10.2. The third-order valence-corrected chi connectivity index (χ3v) is 4.41. The van der Waals surface area contributed by atoms with Crippen LogP contribution in [-0.2, 0) is 14.2 Å². The summed E-state index contributed by atoms with van der Waals surface area (Å²) in [7, 11) is 0. The summed E-state index contributed by atoms with van der Waals surface area (Å²) in [5, 5.41) is 5.07. The van der Waals surface area contributed by atoms with E-state index in [0.29, 0.717) is 16.6 Å². The Hall–Kier alpha value is -3.95. The van der Waals surface area contributed by atoms with E-state index >= 15 is 0 Å². The molecule has 0 saturated carbocycles. The van der Waals surface area contributed by atoms with Crippen LogP contribution >= 0.6 is 0 Å². The van der Waals surface area contributed by atoms with Crippen molar-refractivity contribution in [2.75, 3.05) is 11.5 Å². The van der Waals surface area contributed by atoms with Crippen molar-refractivity contribution in [3.8, 4) is 5.69 Å². The number of hydrogen-bond donors (Lipinski definition) is 0. The Kier molecular flexibility index (Phi) is 7.14. The highest BCUT2D eigenvalue weighted by atomic mass is 16.6. The molecule has 2 heterocycles. The van der Waals surface area contributed by atoms with Gasteiger partial charge in [0.05, 0.1) is 17.8 Å². The number of nitrogens with zero attached hydrogens (tertiary/aromatic N) is 4. The fourth-order valence-corrected chi connectivity index (χ4v) is 3.16. The fourth-order valence-electron chi connectivity index (χ4n) is 3.16. The van der Waals surface area contributed by atoms with Crippen molar-refractivity contribution >= 4 is 34.9 Å². The maximum atomic E-state index is 13.3. The molecule has 0 atom stereocenters. The van der Waals surface area contributed by atoms with Crippen molar-refractivity contribution in [3.05, 3.63) is 48.3 Å². The van der Waals surface area contributed by atoms with Gasteiger partial charge in [0.1, 0.15) is 11.2 Å². The van der Waals surface area contributed by atoms with Gasteiger partial charge in [-0.3, -0.25) is 4.98 Å². The van der Waals surface area contributed by atoms with Crippen LogP contribution in [-0.4, -0.2) is 50.7 Å². The number of rotatable bonds is 4. The van der Waals surface area contributed by atoms with Crippen LogP contribution in [0, 0.1) is 0 Å². The van der Waals surface area contributed by atoms with Gasteiger partial charge in [0.15, 0.2) is 11.5 Å². The zero-order chi connectivity index (χ0) is 26.0. The topological polar surface area (TPSA) is 113 Å². The van der Waals surface area contributed by atoms with Crippen LogP contribution in [0.2, 0.25) is 0 Å². The van der Waals surface area contributed by atoms with Crippen molar-refractivity contribution in [2.45, 2.75) is 59.7 Å². The second-order valence-corrected chi connectivity index (χ2v) is 9.66. The van der Waals surface area contributed by atoms with E-state index in [1.165, 1.54) is 10.7 Å². The average Bonchev–Trinajstić information content (AvgIpc) is 3.15. The summed E-state index contributed by atoms with van der Waals surface area (Å²) in [5.41, 5.74) is -0.770. The highest BCUT2D eigenvalue weighted by Crippen LogP contribution is 2.29. The van der Waals surface area contributed by atoms with Crippen LogP contribution in [0.15, 0.2) is 42.6 Å². The minimum Gasteiger partial charge on any atom is -0.461 e. The van der Waals surface area contributed by atoms with E-state index in [9.17, 15) is 14.4 Å². The summed E-state index contributed by atoms with van der Waals surface area (Å²) in [6, 6.07) is 10.2. The Balaban J connectivity index is 2.27. The number of imide groups is 1. The van der Waals surface area contributed by atoms with Gasteiger partial charge < -0.3 is 14.2 Å². The molecule has 0 unspecified atom stereocenters. The molecule has 0 bridgehead atoms. The molecule has 0 aliphatic carbocycles. The van der Waals surface area contributed by atoms with Crippen molar-refractivity contribution in [2.24, 2.45) is 0 Å². The maximum Gasteiger partial charge on any atom is 0.425 e. The predicted octanol–water partition coefficient (Wildman–Crippen LogP) is 5.27. The van der Waals surface area contributed by atoms with E-state index in [4.69, 9.17) is 14.2 Å². The summed E-state index contributed by atoms with van der Waals surface area (Å²) in [5.74, 6) is -0.757. The normalized spacial score (nSPS) is 11.7. The van der Waals surface area contributed by atoms with Crippen LogP contribution in [0.4, 0.5) is 15.4 Å². The van der Waals surface area contributed by atoms with Gasteiger partial charge in [-0.15, -0.1) is 0 Å². The van der Waals surface area contributed by atoms with Gasteiger partial charge in [0.25, 0.3) is 0 Å². The quantitative estimate of drug-likeness (QED) is 0.365. The zero-order valence-corrected chi connectivity index (χ0v) is 21.0. The summed E-state index contributed by atoms with van der Waals surface area (Å²) < 4.78 is 17.4. The molecule has 10 nitrogen and oxygen atoms in total. The average molecular weight is 483 g/mol. The first-order valence-corrected chi connectivity index (χ1v) is 11.2. The number of carbonyl (C=O) groups excluding carboxylic acids is 3. The van der Waals surface area contributed by atoms with E-state index in [0.717, 1.165) is 4.90 Å². The Morgan fingerprint density at radius 2 is 1.57 bits per heavy atom. The fraction of sp³-hybridized carbons (Fsp3) is 0.400. The molecule has 0 N–H and O–H groups in total. The van der Waals surface area contributed by atoms with Gasteiger partial charge in [-0.2, -0.15) is 10.00 Å². The first-order valence-electron chi connectivity index (χ1n) is 11.2. The third kappa shape index (κ3) is 6.14. The largest absolute Gasteiger partial charge is 0.461 e. The molecule has 0 aliphatic rings. The van der Waals surface area contributed by atoms with Crippen molar-refractivity contribution in [1.29, 1.82) is 0 Å². The predicted molar refractivity (Wildman–Crippen MR) is 130 cm³/mol. The number of esters is 1. The highest BCUT2D eigenvalue weighted by molar-refractivity contribution is 6.10. The Bertz CT molecular complexity index is 1220. The number of aromatic nitrogens is 3. The Morgan fingerprint density at radius 3 is 2.14 bits per heavy atom. The van der Waals surface area contributed by atoms with Crippen molar-refractivity contribution in [1.82, 2.24) is 14.8 Å². The van der Waals surface area contributed by atoms with Crippen LogP contribution in [0.1, 0.15) is 59.0 Å². The number of anilines is 1. The maximum absolute atomic E-state index is 13.3. The number of amides is 2. The molecule has 0 fully saturated rings. The van der Waals surface area contributed by atoms with E-state index in [2.05, 4.69) is 10.1 Å². The first kappa shape index (κ1) is 25.7. The second kappa shape index (κ2) is 9.73. The van der Waals surface area contributed by atoms with E-state index in [-0.39, 0.29) is 18.1 Å². The van der Waals surface area contributed by atoms with Gasteiger partial charge >= 0.3 is 18.2 Å². The molecule has 3 aromatic rings. The molecule has 2 amide bonds. The molecule has 35 heavy (non-hydrogen) atoms. The molecule has 0 radical (unpaired) electrons. The number of hydrogen-bond acceptors (Lipinski definition) is 8. The van der Waals surface area contributed by atoms with Crippen LogP contribution in [0.5, 0.6) is 0 Å². The first-order chi connectivity index (χ1) is 16.3. The molecule has 186 valence electrons. The molecule has 3 rings (SSSR count). The Morgan fingerprint density at radius 1 is 0.943 bits per heavy atom. The van der Waals surface area contributed by atoms with Gasteiger partial charge in [0, 0.05) is 17.6 Å². The smallest absolute Gasteiger partial charge is 0.425 e. The summed E-state index contributed by atoms with van der Waals surface area (Å²) in [4.78, 5) is 44.2. The molecular weight excluding hydrogens is 452 g/mol. The summed E-state index contributed by atoms with van der Waals surface area (Å²) >= 11 is 0. The number of ether oxygens (including phenoxy) is 3. The molecule has 0 aliphatic heterocycles. The van der Waals surface area contributed by atoms with Crippen LogP contribution in [0.25, 0.3) is 16.6 Å². The monoisotopic (exact) mass is 482 g/mol. The lowest BCUT2D eigenvalue weighted by Crippen LogP contribution is -2.44. The van der Waals surface area contributed by atoms with E-state index < -0.39 is 29.4 Å². The van der Waals surface area contributed by atoms with Gasteiger partial charge in [-0.05, 0) is 72.7 Å². The van der Waals surface area contributed by atoms with Crippen LogP contribution < -0.4 is 4.90 Å². The van der Waals surface area contributed by atoms with Crippen molar-refractivity contribution in [3.63, 3.8) is 0 Å².